The van der Waals surface area contributed by atoms with Crippen molar-refractivity contribution in [1.29, 1.82) is 0 Å². The van der Waals surface area contributed by atoms with Crippen LogP contribution in [0, 0.1) is 5.92 Å². The van der Waals surface area contributed by atoms with Crippen LogP contribution in [0.4, 0.5) is 5.00 Å². The second-order valence-corrected chi connectivity index (χ2v) is 7.60. The van der Waals surface area contributed by atoms with Crippen molar-refractivity contribution in [2.24, 2.45) is 5.92 Å². The van der Waals surface area contributed by atoms with Gasteiger partial charge < -0.3 is 15.0 Å². The Hall–Kier alpha value is -1.07. The third kappa shape index (κ3) is 4.46. The quantitative estimate of drug-likeness (QED) is 0.873. The Morgan fingerprint density at radius 3 is 2.86 bits per heavy atom. The number of rotatable bonds is 6. The molecule has 4 nitrogen and oxygen atoms in total. The molecule has 1 aromatic heterocycles. The van der Waals surface area contributed by atoms with Crippen molar-refractivity contribution < 1.29 is 9.53 Å². The number of nitrogens with one attached hydrogen (secondary N) is 1. The van der Waals surface area contributed by atoms with Crippen LogP contribution in [0.15, 0.2) is 6.07 Å². The first kappa shape index (κ1) is 17.3. The molecule has 1 aromatic rings. The molecule has 0 saturated carbocycles. The van der Waals surface area contributed by atoms with E-state index in [0.717, 1.165) is 24.4 Å². The zero-order valence-corrected chi connectivity index (χ0v) is 15.0. The summed E-state index contributed by atoms with van der Waals surface area (Å²) in [4.78, 5) is 15.7. The number of carbonyl (C=O) groups excluding carboxylic acids is 1. The lowest BCUT2D eigenvalue weighted by Gasteiger charge is -2.24. The van der Waals surface area contributed by atoms with Crippen LogP contribution in [0.2, 0.25) is 0 Å². The van der Waals surface area contributed by atoms with Crippen molar-refractivity contribution in [3.05, 3.63) is 16.5 Å². The average molecular weight is 324 g/mol. The van der Waals surface area contributed by atoms with E-state index in [4.69, 9.17) is 4.74 Å². The third-order valence-corrected chi connectivity index (χ3v) is 5.04. The molecule has 124 valence electrons. The highest BCUT2D eigenvalue weighted by Gasteiger charge is 2.22. The second-order valence-electron chi connectivity index (χ2n) is 6.57. The standard InChI is InChI=1S/C17H28N2O2S/c1-12(2)10-19-8-6-5-7-14-9-15(22-17(14)19)16(20)18-13(3)11-21-4/h9,12-13H,5-8,10-11H2,1-4H3,(H,18,20). The summed E-state index contributed by atoms with van der Waals surface area (Å²) < 4.78 is 5.08. The molecule has 1 atom stereocenters. The first-order valence-corrected chi connectivity index (χ1v) is 9.00. The maximum atomic E-state index is 12.4. The monoisotopic (exact) mass is 324 g/mol. The summed E-state index contributed by atoms with van der Waals surface area (Å²) in [6.07, 6.45) is 3.53. The van der Waals surface area contributed by atoms with E-state index in [2.05, 4.69) is 30.1 Å². The van der Waals surface area contributed by atoms with Gasteiger partial charge in [0.05, 0.1) is 16.5 Å². The molecule has 22 heavy (non-hydrogen) atoms. The number of carbonyl (C=O) groups is 1. The molecular weight excluding hydrogens is 296 g/mol. The number of nitrogens with zero attached hydrogens (tertiary/aromatic N) is 1. The maximum absolute atomic E-state index is 12.4. The lowest BCUT2D eigenvalue weighted by Crippen LogP contribution is -2.35. The average Bonchev–Trinajstić information content (AvgIpc) is 2.78. The van der Waals surface area contributed by atoms with E-state index in [0.29, 0.717) is 12.5 Å². The Labute approximate surface area is 137 Å². The number of amides is 1. The largest absolute Gasteiger partial charge is 0.383 e. The zero-order valence-electron chi connectivity index (χ0n) is 14.1. The number of fused-ring (bicyclic) bond motifs is 1. The van der Waals surface area contributed by atoms with Gasteiger partial charge in [0.15, 0.2) is 0 Å². The molecule has 5 heteroatoms. The predicted molar refractivity (Wildman–Crippen MR) is 93.1 cm³/mol. The Balaban J connectivity index is 2.14. The third-order valence-electron chi connectivity index (χ3n) is 3.80. The van der Waals surface area contributed by atoms with E-state index in [1.807, 2.05) is 6.92 Å². The normalized spacial score (nSPS) is 16.3. The molecular formula is C17H28N2O2S. The van der Waals surface area contributed by atoms with Crippen LogP contribution in [0.3, 0.4) is 0 Å². The van der Waals surface area contributed by atoms with Crippen LogP contribution < -0.4 is 10.2 Å². The Morgan fingerprint density at radius 2 is 2.18 bits per heavy atom. The van der Waals surface area contributed by atoms with Crippen LogP contribution >= 0.6 is 11.3 Å². The molecule has 0 fully saturated rings. The number of anilines is 1. The fraction of sp³-hybridized carbons (Fsp3) is 0.706. The van der Waals surface area contributed by atoms with Gasteiger partial charge >= 0.3 is 0 Å². The van der Waals surface area contributed by atoms with Crippen molar-refractivity contribution >= 4 is 22.2 Å². The minimum atomic E-state index is 0.0205. The van der Waals surface area contributed by atoms with Gasteiger partial charge in [-0.3, -0.25) is 4.79 Å². The van der Waals surface area contributed by atoms with E-state index in [1.165, 1.54) is 23.4 Å². The Morgan fingerprint density at radius 1 is 1.41 bits per heavy atom. The van der Waals surface area contributed by atoms with Crippen molar-refractivity contribution in [2.75, 3.05) is 31.7 Å². The molecule has 0 saturated heterocycles. The number of thiophene rings is 1. The second kappa shape index (κ2) is 7.97. The van der Waals surface area contributed by atoms with Crippen molar-refractivity contribution in [3.8, 4) is 0 Å². The van der Waals surface area contributed by atoms with Gasteiger partial charge in [0.25, 0.3) is 5.91 Å². The Kier molecular flexibility index (Phi) is 6.26. The SMILES string of the molecule is COCC(C)NC(=O)c1cc2c(s1)N(CC(C)C)CCCC2. The molecule has 1 N–H and O–H groups in total. The summed E-state index contributed by atoms with van der Waals surface area (Å²) in [6.45, 7) is 9.17. The fourth-order valence-corrected chi connectivity index (χ4v) is 4.05. The number of ether oxygens (including phenoxy) is 1. The maximum Gasteiger partial charge on any atom is 0.261 e. The highest BCUT2D eigenvalue weighted by atomic mass is 32.1. The van der Waals surface area contributed by atoms with Gasteiger partial charge in [-0.2, -0.15) is 0 Å². The Bertz CT molecular complexity index is 499. The molecule has 2 rings (SSSR count). The van der Waals surface area contributed by atoms with Crippen LogP contribution in [-0.4, -0.2) is 38.8 Å². The number of hydrogen-bond acceptors (Lipinski definition) is 4. The lowest BCUT2D eigenvalue weighted by atomic mass is 10.1. The summed E-state index contributed by atoms with van der Waals surface area (Å²) in [5.41, 5.74) is 1.34. The summed E-state index contributed by atoms with van der Waals surface area (Å²) >= 11 is 1.64. The predicted octanol–water partition coefficient (Wildman–Crippen LogP) is 3.31. The van der Waals surface area contributed by atoms with Gasteiger partial charge in [0.2, 0.25) is 0 Å². The summed E-state index contributed by atoms with van der Waals surface area (Å²) in [7, 11) is 1.65. The summed E-state index contributed by atoms with van der Waals surface area (Å²) in [5.74, 6) is 0.652. The van der Waals surface area contributed by atoms with Gasteiger partial charge in [-0.1, -0.05) is 13.8 Å². The fourth-order valence-electron chi connectivity index (χ4n) is 2.90. The lowest BCUT2D eigenvalue weighted by molar-refractivity contribution is 0.0909. The van der Waals surface area contributed by atoms with Crippen molar-refractivity contribution in [3.63, 3.8) is 0 Å². The van der Waals surface area contributed by atoms with E-state index in [1.54, 1.807) is 18.4 Å². The van der Waals surface area contributed by atoms with E-state index in [-0.39, 0.29) is 11.9 Å². The van der Waals surface area contributed by atoms with Gasteiger partial charge in [0, 0.05) is 26.2 Å². The van der Waals surface area contributed by atoms with Gasteiger partial charge in [-0.15, -0.1) is 11.3 Å². The highest BCUT2D eigenvalue weighted by Crippen LogP contribution is 2.35. The number of methoxy groups -OCH3 is 1. The van der Waals surface area contributed by atoms with Gasteiger partial charge in [-0.25, -0.2) is 0 Å². The first-order valence-electron chi connectivity index (χ1n) is 8.18. The van der Waals surface area contributed by atoms with E-state index >= 15 is 0 Å². The van der Waals surface area contributed by atoms with Crippen LogP contribution in [-0.2, 0) is 11.2 Å². The highest BCUT2D eigenvalue weighted by molar-refractivity contribution is 7.18. The van der Waals surface area contributed by atoms with Crippen LogP contribution in [0.25, 0.3) is 0 Å². The zero-order chi connectivity index (χ0) is 16.1. The molecule has 0 spiro atoms. The summed E-state index contributed by atoms with van der Waals surface area (Å²) in [5, 5.41) is 4.31. The van der Waals surface area contributed by atoms with Crippen LogP contribution in [0.1, 0.15) is 48.8 Å². The molecule has 2 heterocycles. The topological polar surface area (TPSA) is 41.6 Å². The number of aryl methyl sites for hydroxylation is 1. The molecule has 0 aromatic carbocycles. The molecule has 1 unspecified atom stereocenters. The minimum Gasteiger partial charge on any atom is -0.383 e. The molecule has 0 aliphatic carbocycles. The smallest absolute Gasteiger partial charge is 0.261 e. The minimum absolute atomic E-state index is 0.0205. The molecule has 1 aliphatic rings. The molecule has 0 bridgehead atoms. The van der Waals surface area contributed by atoms with Crippen LogP contribution in [0.5, 0.6) is 0 Å². The number of hydrogen-bond donors (Lipinski definition) is 1. The summed E-state index contributed by atoms with van der Waals surface area (Å²) in [6, 6.07) is 2.12. The van der Waals surface area contributed by atoms with Gasteiger partial charge in [-0.05, 0) is 43.7 Å². The molecule has 1 aliphatic heterocycles. The molecule has 0 radical (unpaired) electrons. The van der Waals surface area contributed by atoms with E-state index in [9.17, 15) is 4.79 Å². The van der Waals surface area contributed by atoms with Crippen molar-refractivity contribution in [2.45, 2.75) is 46.1 Å². The molecule has 1 amide bonds. The van der Waals surface area contributed by atoms with Crippen molar-refractivity contribution in [1.82, 2.24) is 5.32 Å². The van der Waals surface area contributed by atoms with Gasteiger partial charge in [0.1, 0.15) is 0 Å². The van der Waals surface area contributed by atoms with E-state index < -0.39 is 0 Å². The first-order chi connectivity index (χ1) is 10.5.